The quantitative estimate of drug-likeness (QED) is 0.711. The van der Waals surface area contributed by atoms with Crippen LogP contribution in [0.2, 0.25) is 0 Å². The fraction of sp³-hybridized carbons (Fsp3) is 0.625. The van der Waals surface area contributed by atoms with Gasteiger partial charge in [-0.3, -0.25) is 0 Å². The molecular weight excluding hydrogens is 300 g/mol. The lowest BCUT2D eigenvalue weighted by molar-refractivity contribution is -0.276. The lowest BCUT2D eigenvalue weighted by Gasteiger charge is -2.29. The Morgan fingerprint density at radius 1 is 1.05 bits per heavy atom. The van der Waals surface area contributed by atoms with E-state index in [0.29, 0.717) is 12.3 Å². The van der Waals surface area contributed by atoms with Gasteiger partial charge in [-0.15, -0.1) is 13.2 Å². The van der Waals surface area contributed by atoms with E-state index in [1.54, 1.807) is 0 Å². The summed E-state index contributed by atoms with van der Waals surface area (Å²) >= 11 is 0. The van der Waals surface area contributed by atoms with Crippen molar-refractivity contribution in [2.24, 2.45) is 5.92 Å². The SMILES string of the molecule is Fc1c(CC2CCC2)ccc(OC2CCC2)c1OC(F)(F)F. The van der Waals surface area contributed by atoms with Crippen LogP contribution in [-0.2, 0) is 6.42 Å². The van der Waals surface area contributed by atoms with Crippen LogP contribution >= 0.6 is 0 Å². The molecule has 2 nitrogen and oxygen atoms in total. The van der Waals surface area contributed by atoms with Gasteiger partial charge in [0.05, 0.1) is 6.10 Å². The fourth-order valence-electron chi connectivity index (χ4n) is 2.72. The van der Waals surface area contributed by atoms with Gasteiger partial charge < -0.3 is 9.47 Å². The van der Waals surface area contributed by atoms with Crippen molar-refractivity contribution in [1.29, 1.82) is 0 Å². The first-order chi connectivity index (χ1) is 10.4. The molecule has 1 aromatic carbocycles. The molecule has 0 aliphatic heterocycles. The molecule has 0 radical (unpaired) electrons. The van der Waals surface area contributed by atoms with Crippen molar-refractivity contribution in [3.05, 3.63) is 23.5 Å². The van der Waals surface area contributed by atoms with Gasteiger partial charge in [-0.25, -0.2) is 4.39 Å². The number of ether oxygens (including phenoxy) is 2. The maximum atomic E-state index is 14.5. The third kappa shape index (κ3) is 3.47. The highest BCUT2D eigenvalue weighted by atomic mass is 19.4. The summed E-state index contributed by atoms with van der Waals surface area (Å²) in [6, 6.07) is 2.92. The summed E-state index contributed by atoms with van der Waals surface area (Å²) in [5.41, 5.74) is 0.268. The van der Waals surface area contributed by atoms with Gasteiger partial charge in [0.15, 0.2) is 11.6 Å². The molecule has 0 bridgehead atoms. The topological polar surface area (TPSA) is 18.5 Å². The Hall–Kier alpha value is -1.46. The highest BCUT2D eigenvalue weighted by Crippen LogP contribution is 2.40. The van der Waals surface area contributed by atoms with E-state index in [-0.39, 0.29) is 17.4 Å². The third-order valence-electron chi connectivity index (χ3n) is 4.44. The van der Waals surface area contributed by atoms with Gasteiger partial charge in [-0.2, -0.15) is 0 Å². The zero-order chi connectivity index (χ0) is 15.7. The van der Waals surface area contributed by atoms with Crippen LogP contribution in [0.15, 0.2) is 12.1 Å². The van der Waals surface area contributed by atoms with Crippen molar-refractivity contribution in [3.8, 4) is 11.5 Å². The monoisotopic (exact) mass is 318 g/mol. The number of hydrogen-bond acceptors (Lipinski definition) is 2. The Kier molecular flexibility index (Phi) is 4.19. The van der Waals surface area contributed by atoms with Gasteiger partial charge in [0.25, 0.3) is 0 Å². The van der Waals surface area contributed by atoms with E-state index in [0.717, 1.165) is 38.5 Å². The van der Waals surface area contributed by atoms with Crippen molar-refractivity contribution >= 4 is 0 Å². The Labute approximate surface area is 126 Å². The molecule has 0 N–H and O–H groups in total. The van der Waals surface area contributed by atoms with Crippen LogP contribution in [0.1, 0.15) is 44.1 Å². The van der Waals surface area contributed by atoms with E-state index < -0.39 is 17.9 Å². The molecule has 0 spiro atoms. The average Bonchev–Trinajstić information content (AvgIpc) is 2.32. The predicted molar refractivity (Wildman–Crippen MR) is 72.4 cm³/mol. The summed E-state index contributed by atoms with van der Waals surface area (Å²) in [4.78, 5) is 0. The highest BCUT2D eigenvalue weighted by molar-refractivity contribution is 5.45. The summed E-state index contributed by atoms with van der Waals surface area (Å²) in [5.74, 6) is -1.57. The van der Waals surface area contributed by atoms with E-state index in [2.05, 4.69) is 4.74 Å². The third-order valence-corrected chi connectivity index (χ3v) is 4.44. The first-order valence-corrected chi connectivity index (χ1v) is 7.66. The molecule has 1 aromatic rings. The van der Waals surface area contributed by atoms with E-state index in [9.17, 15) is 17.6 Å². The van der Waals surface area contributed by atoms with Gasteiger partial charge in [-0.05, 0) is 43.2 Å². The molecule has 0 atom stereocenters. The standard InChI is InChI=1S/C16H18F4O2/c17-14-11(9-10-3-1-4-10)7-8-13(21-12-5-2-6-12)15(14)22-16(18,19)20/h7-8,10,12H,1-6,9H2. The lowest BCUT2D eigenvalue weighted by Crippen LogP contribution is -2.26. The number of halogens is 4. The molecule has 0 amide bonds. The van der Waals surface area contributed by atoms with Gasteiger partial charge in [0.2, 0.25) is 5.75 Å². The first kappa shape index (κ1) is 15.4. The van der Waals surface area contributed by atoms with Crippen molar-refractivity contribution in [2.45, 2.75) is 57.4 Å². The number of alkyl halides is 3. The maximum absolute atomic E-state index is 14.5. The first-order valence-electron chi connectivity index (χ1n) is 7.66. The molecule has 0 aromatic heterocycles. The van der Waals surface area contributed by atoms with Crippen LogP contribution in [0.3, 0.4) is 0 Å². The lowest BCUT2D eigenvalue weighted by atomic mass is 9.81. The molecule has 6 heteroatoms. The highest BCUT2D eigenvalue weighted by Gasteiger charge is 2.36. The molecule has 0 saturated heterocycles. The number of rotatable bonds is 5. The molecule has 22 heavy (non-hydrogen) atoms. The molecule has 2 fully saturated rings. The zero-order valence-electron chi connectivity index (χ0n) is 12.1. The van der Waals surface area contributed by atoms with Gasteiger partial charge in [0, 0.05) is 0 Å². The van der Waals surface area contributed by atoms with Gasteiger partial charge in [0.1, 0.15) is 0 Å². The molecule has 0 unspecified atom stereocenters. The Bertz CT molecular complexity index is 534. The largest absolute Gasteiger partial charge is 0.573 e. The summed E-state index contributed by atoms with van der Waals surface area (Å²) in [6.07, 6.45) is 0.978. The van der Waals surface area contributed by atoms with E-state index in [1.807, 2.05) is 0 Å². The van der Waals surface area contributed by atoms with Crippen molar-refractivity contribution in [2.75, 3.05) is 0 Å². The second-order valence-corrected chi connectivity index (χ2v) is 6.09. The normalized spacial score (nSPS) is 19.5. The second kappa shape index (κ2) is 5.97. The average molecular weight is 318 g/mol. The molecule has 2 aliphatic carbocycles. The fourth-order valence-corrected chi connectivity index (χ4v) is 2.72. The van der Waals surface area contributed by atoms with Gasteiger partial charge in [-0.1, -0.05) is 25.3 Å². The smallest absolute Gasteiger partial charge is 0.486 e. The Balaban J connectivity index is 1.85. The minimum atomic E-state index is -4.94. The van der Waals surface area contributed by atoms with Crippen molar-refractivity contribution in [1.82, 2.24) is 0 Å². The van der Waals surface area contributed by atoms with Crippen LogP contribution in [-0.4, -0.2) is 12.5 Å². The Morgan fingerprint density at radius 2 is 1.73 bits per heavy atom. The molecule has 122 valence electrons. The Morgan fingerprint density at radius 3 is 2.23 bits per heavy atom. The van der Waals surface area contributed by atoms with Crippen LogP contribution in [0, 0.1) is 11.7 Å². The van der Waals surface area contributed by atoms with Crippen molar-refractivity contribution in [3.63, 3.8) is 0 Å². The van der Waals surface area contributed by atoms with E-state index >= 15 is 0 Å². The van der Waals surface area contributed by atoms with Crippen LogP contribution < -0.4 is 9.47 Å². The summed E-state index contributed by atoms with van der Waals surface area (Å²) in [7, 11) is 0. The molecule has 2 aliphatic rings. The van der Waals surface area contributed by atoms with Crippen LogP contribution in [0.25, 0.3) is 0 Å². The molecule has 2 saturated carbocycles. The van der Waals surface area contributed by atoms with E-state index in [4.69, 9.17) is 4.74 Å². The minimum Gasteiger partial charge on any atom is -0.486 e. The molecular formula is C16H18F4O2. The summed E-state index contributed by atoms with van der Waals surface area (Å²) in [6.45, 7) is 0. The van der Waals surface area contributed by atoms with Crippen LogP contribution in [0.5, 0.6) is 11.5 Å². The van der Waals surface area contributed by atoms with Crippen LogP contribution in [0.4, 0.5) is 17.6 Å². The van der Waals surface area contributed by atoms with Gasteiger partial charge >= 0.3 is 6.36 Å². The predicted octanol–water partition coefficient (Wildman–Crippen LogP) is 5.00. The second-order valence-electron chi connectivity index (χ2n) is 6.09. The van der Waals surface area contributed by atoms with E-state index in [1.165, 1.54) is 12.1 Å². The van der Waals surface area contributed by atoms with Crippen molar-refractivity contribution < 1.29 is 27.0 Å². The maximum Gasteiger partial charge on any atom is 0.573 e. The summed E-state index contributed by atoms with van der Waals surface area (Å²) in [5, 5.41) is 0. The summed E-state index contributed by atoms with van der Waals surface area (Å²) < 4.78 is 61.5. The number of hydrogen-bond donors (Lipinski definition) is 0. The zero-order valence-corrected chi connectivity index (χ0v) is 12.1. The molecule has 3 rings (SSSR count). The molecule has 0 heterocycles. The minimum absolute atomic E-state index is 0.146. The number of benzene rings is 1.